The number of hydrogen-bond donors (Lipinski definition) is 3. The quantitative estimate of drug-likeness (QED) is 0.399. The van der Waals surface area contributed by atoms with Crippen LogP contribution in [0.15, 0.2) is 66.7 Å². The monoisotopic (exact) mass is 444 g/mol. The molecule has 4 rings (SSSR count). The van der Waals surface area contributed by atoms with Crippen LogP contribution in [0.4, 0.5) is 0 Å². The first-order valence-electron chi connectivity index (χ1n) is 9.55. The summed E-state index contributed by atoms with van der Waals surface area (Å²) in [5.74, 6) is -0.341. The van der Waals surface area contributed by atoms with Crippen LogP contribution in [-0.2, 0) is 6.61 Å². The molecule has 0 spiro atoms. The topological polar surface area (TPSA) is 125 Å². The Balaban J connectivity index is 1.79. The SMILES string of the molecule is N#Cc1cccc(-c2c(OCc3ccc(Cl)cc3)ccc(-c3cc(C(N)=O)[nH]n3)c2O)c1. The summed E-state index contributed by atoms with van der Waals surface area (Å²) in [6.45, 7) is 0.245. The maximum absolute atomic E-state index is 11.4. The summed E-state index contributed by atoms with van der Waals surface area (Å²) in [4.78, 5) is 11.4. The Hall–Kier alpha value is -4.28. The van der Waals surface area contributed by atoms with Gasteiger partial charge in [0, 0.05) is 10.6 Å². The summed E-state index contributed by atoms with van der Waals surface area (Å²) in [5, 5.41) is 27.7. The van der Waals surface area contributed by atoms with Crippen molar-refractivity contribution >= 4 is 17.5 Å². The van der Waals surface area contributed by atoms with E-state index in [2.05, 4.69) is 16.3 Å². The van der Waals surface area contributed by atoms with Crippen molar-refractivity contribution in [2.24, 2.45) is 5.73 Å². The van der Waals surface area contributed by atoms with E-state index in [9.17, 15) is 15.2 Å². The smallest absolute Gasteiger partial charge is 0.266 e. The minimum atomic E-state index is -0.659. The number of phenolic OH excluding ortho intramolecular Hbond substituents is 1. The minimum absolute atomic E-state index is 0.101. The number of aromatic hydroxyl groups is 1. The Morgan fingerprint density at radius 2 is 1.94 bits per heavy atom. The molecular formula is C24H17ClN4O3. The highest BCUT2D eigenvalue weighted by Crippen LogP contribution is 2.44. The number of nitriles is 1. The Labute approximate surface area is 188 Å². The van der Waals surface area contributed by atoms with Gasteiger partial charge in [-0.25, -0.2) is 0 Å². The van der Waals surface area contributed by atoms with Gasteiger partial charge in [-0.1, -0.05) is 35.9 Å². The third-order valence-corrected chi connectivity index (χ3v) is 5.10. The van der Waals surface area contributed by atoms with Crippen LogP contribution in [0.1, 0.15) is 21.6 Å². The van der Waals surface area contributed by atoms with E-state index in [1.807, 2.05) is 12.1 Å². The van der Waals surface area contributed by atoms with E-state index in [1.165, 1.54) is 6.07 Å². The van der Waals surface area contributed by atoms with Gasteiger partial charge in [0.1, 0.15) is 23.8 Å². The summed E-state index contributed by atoms with van der Waals surface area (Å²) >= 11 is 5.94. The fraction of sp³-hybridized carbons (Fsp3) is 0.0417. The molecule has 8 heteroatoms. The summed E-state index contributed by atoms with van der Waals surface area (Å²) in [5.41, 5.74) is 8.47. The van der Waals surface area contributed by atoms with Gasteiger partial charge >= 0.3 is 0 Å². The number of aromatic amines is 1. The molecule has 0 saturated heterocycles. The number of nitrogens with two attached hydrogens (primary N) is 1. The number of carbonyl (C=O) groups excluding carboxylic acids is 1. The number of carbonyl (C=O) groups is 1. The number of H-pyrrole nitrogens is 1. The zero-order valence-electron chi connectivity index (χ0n) is 16.7. The maximum atomic E-state index is 11.4. The van der Waals surface area contributed by atoms with Crippen molar-refractivity contribution in [3.8, 4) is 40.0 Å². The van der Waals surface area contributed by atoms with Crippen LogP contribution >= 0.6 is 11.6 Å². The largest absolute Gasteiger partial charge is 0.506 e. The zero-order chi connectivity index (χ0) is 22.7. The van der Waals surface area contributed by atoms with Crippen molar-refractivity contribution < 1.29 is 14.6 Å². The second-order valence-corrected chi connectivity index (χ2v) is 7.41. The number of rotatable bonds is 6. The number of amides is 1. The third-order valence-electron chi connectivity index (χ3n) is 4.85. The molecule has 4 aromatic rings. The Kier molecular flexibility index (Phi) is 5.79. The second-order valence-electron chi connectivity index (χ2n) is 6.97. The molecule has 0 aliphatic carbocycles. The molecule has 0 fully saturated rings. The molecule has 7 nitrogen and oxygen atoms in total. The lowest BCUT2D eigenvalue weighted by Crippen LogP contribution is -2.10. The predicted octanol–water partition coefficient (Wildman–Crippen LogP) is 4.65. The molecule has 4 N–H and O–H groups in total. The number of phenols is 1. The number of halogens is 1. The number of aromatic nitrogens is 2. The molecule has 0 aliphatic rings. The van der Waals surface area contributed by atoms with E-state index in [0.717, 1.165) is 5.56 Å². The molecule has 1 amide bonds. The number of ether oxygens (including phenoxy) is 1. The first kappa shape index (κ1) is 21.0. The second kappa shape index (κ2) is 8.84. The van der Waals surface area contributed by atoms with Gasteiger partial charge in [0.05, 0.1) is 22.9 Å². The highest BCUT2D eigenvalue weighted by Gasteiger charge is 2.20. The number of hydrogen-bond acceptors (Lipinski definition) is 5. The van der Waals surface area contributed by atoms with Crippen molar-refractivity contribution in [2.45, 2.75) is 6.61 Å². The maximum Gasteiger partial charge on any atom is 0.266 e. The molecule has 3 aromatic carbocycles. The molecule has 0 bridgehead atoms. The van der Waals surface area contributed by atoms with Gasteiger partial charge in [-0.2, -0.15) is 10.4 Å². The van der Waals surface area contributed by atoms with Crippen molar-refractivity contribution in [2.75, 3.05) is 0 Å². The predicted molar refractivity (Wildman–Crippen MR) is 120 cm³/mol. The molecule has 158 valence electrons. The first-order valence-corrected chi connectivity index (χ1v) is 9.93. The minimum Gasteiger partial charge on any atom is -0.506 e. The lowest BCUT2D eigenvalue weighted by molar-refractivity contribution is 0.0995. The molecule has 0 saturated carbocycles. The van der Waals surface area contributed by atoms with Crippen molar-refractivity contribution in [3.05, 3.63) is 88.6 Å². The van der Waals surface area contributed by atoms with Crippen molar-refractivity contribution in [1.82, 2.24) is 10.2 Å². The molecule has 1 aromatic heterocycles. The normalized spacial score (nSPS) is 10.5. The van der Waals surface area contributed by atoms with Gasteiger partial charge in [-0.15, -0.1) is 0 Å². The van der Waals surface area contributed by atoms with Gasteiger partial charge in [0.25, 0.3) is 5.91 Å². The average Bonchev–Trinajstić information content (AvgIpc) is 3.29. The molecule has 0 unspecified atom stereocenters. The molecule has 32 heavy (non-hydrogen) atoms. The Morgan fingerprint density at radius 1 is 1.16 bits per heavy atom. The molecule has 0 aliphatic heterocycles. The van der Waals surface area contributed by atoms with Gasteiger partial charge in [0.2, 0.25) is 0 Å². The first-order chi connectivity index (χ1) is 15.5. The van der Waals surface area contributed by atoms with Crippen LogP contribution in [0.25, 0.3) is 22.4 Å². The fourth-order valence-corrected chi connectivity index (χ4v) is 3.38. The highest BCUT2D eigenvalue weighted by molar-refractivity contribution is 6.30. The van der Waals surface area contributed by atoms with Gasteiger partial charge in [-0.05, 0) is 53.6 Å². The number of nitrogens with one attached hydrogen (secondary N) is 1. The van der Waals surface area contributed by atoms with E-state index in [1.54, 1.807) is 48.5 Å². The standard InChI is InChI=1S/C24H17ClN4O3/c25-17-6-4-14(5-7-17)13-32-21-9-8-18(19-11-20(24(27)31)29-28-19)23(30)22(21)16-3-1-2-15(10-16)12-26/h1-11,30H,13H2,(H2,27,31)(H,28,29). The molecule has 1 heterocycles. The van der Waals surface area contributed by atoms with E-state index in [4.69, 9.17) is 22.1 Å². The van der Waals surface area contributed by atoms with Crippen LogP contribution in [0.3, 0.4) is 0 Å². The summed E-state index contributed by atoms with van der Waals surface area (Å²) in [6, 6.07) is 21.0. The van der Waals surface area contributed by atoms with Crippen LogP contribution in [0.2, 0.25) is 5.02 Å². The van der Waals surface area contributed by atoms with E-state index >= 15 is 0 Å². The zero-order valence-corrected chi connectivity index (χ0v) is 17.4. The van der Waals surface area contributed by atoms with Crippen LogP contribution < -0.4 is 10.5 Å². The van der Waals surface area contributed by atoms with Gasteiger partial charge in [-0.3, -0.25) is 9.89 Å². The number of primary amides is 1. The highest BCUT2D eigenvalue weighted by atomic mass is 35.5. The van der Waals surface area contributed by atoms with Gasteiger partial charge in [0.15, 0.2) is 0 Å². The van der Waals surface area contributed by atoms with Crippen molar-refractivity contribution in [3.63, 3.8) is 0 Å². The fourth-order valence-electron chi connectivity index (χ4n) is 3.25. The van der Waals surface area contributed by atoms with E-state index in [0.29, 0.717) is 38.7 Å². The average molecular weight is 445 g/mol. The number of benzene rings is 3. The summed E-state index contributed by atoms with van der Waals surface area (Å²) in [6.07, 6.45) is 0. The molecule has 0 atom stereocenters. The number of nitrogens with zero attached hydrogens (tertiary/aromatic N) is 2. The van der Waals surface area contributed by atoms with Crippen LogP contribution in [0, 0.1) is 11.3 Å². The van der Waals surface area contributed by atoms with Crippen LogP contribution in [0.5, 0.6) is 11.5 Å². The summed E-state index contributed by atoms with van der Waals surface area (Å²) in [7, 11) is 0. The van der Waals surface area contributed by atoms with E-state index < -0.39 is 5.91 Å². The Bertz CT molecular complexity index is 1340. The van der Waals surface area contributed by atoms with Crippen molar-refractivity contribution in [1.29, 1.82) is 5.26 Å². The molecular weight excluding hydrogens is 428 g/mol. The third kappa shape index (κ3) is 4.26. The molecule has 0 radical (unpaired) electrons. The van der Waals surface area contributed by atoms with Crippen LogP contribution in [-0.4, -0.2) is 21.2 Å². The lowest BCUT2D eigenvalue weighted by Gasteiger charge is -2.16. The lowest BCUT2D eigenvalue weighted by atomic mass is 9.97. The summed E-state index contributed by atoms with van der Waals surface area (Å²) < 4.78 is 6.02. The van der Waals surface area contributed by atoms with Gasteiger partial charge < -0.3 is 15.6 Å². The Morgan fingerprint density at radius 3 is 2.62 bits per heavy atom. The van der Waals surface area contributed by atoms with E-state index in [-0.39, 0.29) is 18.1 Å².